The molecule has 0 amide bonds. The van der Waals surface area contributed by atoms with Gasteiger partial charge in [0.25, 0.3) is 0 Å². The summed E-state index contributed by atoms with van der Waals surface area (Å²) in [4.78, 5) is 5.31. The minimum Gasteiger partial charge on any atom is -0.294 e. The van der Waals surface area contributed by atoms with Crippen LogP contribution in [0, 0.1) is 0 Å². The van der Waals surface area contributed by atoms with Gasteiger partial charge in [-0.2, -0.15) is 5.48 Å². The van der Waals surface area contributed by atoms with Crippen LogP contribution in [0.1, 0.15) is 32.1 Å². The standard InChI is InChI=1S/C7H13NO.ClH/c1-2-4-7(5-3-1)6-8-9-7;/h8H,1-6H2;1H. The molecule has 1 aliphatic carbocycles. The van der Waals surface area contributed by atoms with Crippen molar-refractivity contribution >= 4 is 12.4 Å². The molecule has 0 unspecified atom stereocenters. The number of hydroxylamine groups is 1. The van der Waals surface area contributed by atoms with Crippen molar-refractivity contribution in [2.75, 3.05) is 6.54 Å². The zero-order valence-electron chi connectivity index (χ0n) is 6.06. The summed E-state index contributed by atoms with van der Waals surface area (Å²) >= 11 is 0. The second kappa shape index (κ2) is 3.07. The van der Waals surface area contributed by atoms with Crippen molar-refractivity contribution in [2.45, 2.75) is 37.7 Å². The van der Waals surface area contributed by atoms with E-state index in [1.165, 1.54) is 32.1 Å². The average molecular weight is 164 g/mol. The van der Waals surface area contributed by atoms with Crippen LogP contribution in [0.5, 0.6) is 0 Å². The lowest BCUT2D eigenvalue weighted by Crippen LogP contribution is -2.57. The lowest BCUT2D eigenvalue weighted by atomic mass is 9.84. The lowest BCUT2D eigenvalue weighted by Gasteiger charge is -2.44. The Labute approximate surface area is 67.7 Å². The number of hydrogen-bond donors (Lipinski definition) is 1. The molecule has 0 aromatic rings. The molecule has 3 heteroatoms. The van der Waals surface area contributed by atoms with Crippen molar-refractivity contribution in [3.8, 4) is 0 Å². The number of halogens is 1. The minimum absolute atomic E-state index is 0. The minimum atomic E-state index is 0. The van der Waals surface area contributed by atoms with Gasteiger partial charge in [-0.25, -0.2) is 0 Å². The molecule has 1 N–H and O–H groups in total. The molecule has 1 spiro atoms. The van der Waals surface area contributed by atoms with E-state index in [9.17, 15) is 0 Å². The van der Waals surface area contributed by atoms with Gasteiger partial charge in [0.05, 0.1) is 6.54 Å². The summed E-state index contributed by atoms with van der Waals surface area (Å²) in [5.41, 5.74) is 3.16. The highest BCUT2D eigenvalue weighted by atomic mass is 35.5. The Morgan fingerprint density at radius 2 is 1.70 bits per heavy atom. The Hall–Kier alpha value is 0.210. The summed E-state index contributed by atoms with van der Waals surface area (Å²) < 4.78 is 0. The predicted octanol–water partition coefficient (Wildman–Crippen LogP) is 1.65. The Morgan fingerprint density at radius 3 is 2.00 bits per heavy atom. The maximum atomic E-state index is 5.31. The first-order valence-electron chi connectivity index (χ1n) is 3.82. The smallest absolute Gasteiger partial charge is 0.104 e. The van der Waals surface area contributed by atoms with E-state index < -0.39 is 0 Å². The van der Waals surface area contributed by atoms with E-state index in [4.69, 9.17) is 4.84 Å². The van der Waals surface area contributed by atoms with Crippen molar-refractivity contribution in [3.63, 3.8) is 0 Å². The van der Waals surface area contributed by atoms with E-state index in [1.54, 1.807) is 0 Å². The molecule has 0 aromatic carbocycles. The molecule has 2 fully saturated rings. The van der Waals surface area contributed by atoms with Crippen molar-refractivity contribution in [3.05, 3.63) is 0 Å². The molecule has 1 heterocycles. The van der Waals surface area contributed by atoms with Gasteiger partial charge in [0, 0.05) is 0 Å². The molecule has 1 saturated carbocycles. The number of nitrogens with one attached hydrogen (secondary N) is 1. The number of hydrogen-bond acceptors (Lipinski definition) is 2. The summed E-state index contributed by atoms with van der Waals surface area (Å²) in [6.07, 6.45) is 6.69. The number of rotatable bonds is 0. The highest BCUT2D eigenvalue weighted by Gasteiger charge is 2.39. The van der Waals surface area contributed by atoms with Crippen LogP contribution in [0.2, 0.25) is 0 Å². The van der Waals surface area contributed by atoms with Crippen molar-refractivity contribution < 1.29 is 4.84 Å². The van der Waals surface area contributed by atoms with E-state index in [0.717, 1.165) is 6.54 Å². The summed E-state index contributed by atoms with van der Waals surface area (Å²) in [6, 6.07) is 0. The average Bonchev–Trinajstić information content (AvgIpc) is 1.87. The molecule has 0 atom stereocenters. The van der Waals surface area contributed by atoms with Gasteiger partial charge in [0.2, 0.25) is 0 Å². The SMILES string of the molecule is C1CCC2(CC1)CNO2.Cl. The molecule has 1 saturated heterocycles. The zero-order chi connectivity index (χ0) is 6.16. The highest BCUT2D eigenvalue weighted by molar-refractivity contribution is 5.85. The van der Waals surface area contributed by atoms with Gasteiger partial charge in [-0.1, -0.05) is 19.3 Å². The van der Waals surface area contributed by atoms with Gasteiger partial charge < -0.3 is 0 Å². The Balaban J connectivity index is 0.000000500. The van der Waals surface area contributed by atoms with E-state index in [0.29, 0.717) is 0 Å². The highest BCUT2D eigenvalue weighted by Crippen LogP contribution is 2.34. The largest absolute Gasteiger partial charge is 0.294 e. The molecular weight excluding hydrogens is 150 g/mol. The molecule has 0 radical (unpaired) electrons. The van der Waals surface area contributed by atoms with Crippen molar-refractivity contribution in [1.29, 1.82) is 0 Å². The first-order valence-corrected chi connectivity index (χ1v) is 3.82. The molecular formula is C7H14ClNO. The fourth-order valence-electron chi connectivity index (χ4n) is 1.75. The second-order valence-corrected chi connectivity index (χ2v) is 3.17. The van der Waals surface area contributed by atoms with Crippen LogP contribution in [-0.4, -0.2) is 12.1 Å². The Bertz CT molecular complexity index is 106. The van der Waals surface area contributed by atoms with Crippen LogP contribution in [0.3, 0.4) is 0 Å². The van der Waals surface area contributed by atoms with Crippen molar-refractivity contribution in [1.82, 2.24) is 5.48 Å². The lowest BCUT2D eigenvalue weighted by molar-refractivity contribution is -0.218. The van der Waals surface area contributed by atoms with E-state index in [1.807, 2.05) is 0 Å². The fraction of sp³-hybridized carbons (Fsp3) is 1.00. The molecule has 10 heavy (non-hydrogen) atoms. The quantitative estimate of drug-likeness (QED) is 0.587. The van der Waals surface area contributed by atoms with Crippen LogP contribution in [0.25, 0.3) is 0 Å². The van der Waals surface area contributed by atoms with Gasteiger partial charge in [-0.15, -0.1) is 12.4 Å². The van der Waals surface area contributed by atoms with E-state index >= 15 is 0 Å². The van der Waals surface area contributed by atoms with Crippen LogP contribution in [0.15, 0.2) is 0 Å². The van der Waals surface area contributed by atoms with Gasteiger partial charge in [0.1, 0.15) is 5.60 Å². The van der Waals surface area contributed by atoms with Gasteiger partial charge in [0.15, 0.2) is 0 Å². The fourth-order valence-corrected chi connectivity index (χ4v) is 1.75. The zero-order valence-corrected chi connectivity index (χ0v) is 6.88. The van der Waals surface area contributed by atoms with Crippen LogP contribution in [-0.2, 0) is 4.84 Å². The topological polar surface area (TPSA) is 21.3 Å². The van der Waals surface area contributed by atoms with Crippen molar-refractivity contribution in [2.24, 2.45) is 0 Å². The third-order valence-corrected chi connectivity index (χ3v) is 2.45. The molecule has 2 aliphatic rings. The van der Waals surface area contributed by atoms with Gasteiger partial charge in [-0.3, -0.25) is 4.84 Å². The molecule has 1 aliphatic heterocycles. The normalized spacial score (nSPS) is 28.8. The summed E-state index contributed by atoms with van der Waals surface area (Å²) in [7, 11) is 0. The third-order valence-electron chi connectivity index (χ3n) is 2.45. The first-order chi connectivity index (χ1) is 4.41. The molecule has 60 valence electrons. The second-order valence-electron chi connectivity index (χ2n) is 3.17. The summed E-state index contributed by atoms with van der Waals surface area (Å²) in [5, 5.41) is 0. The predicted molar refractivity (Wildman–Crippen MR) is 42.2 cm³/mol. The van der Waals surface area contributed by atoms with E-state index in [-0.39, 0.29) is 18.0 Å². The summed E-state index contributed by atoms with van der Waals surface area (Å²) in [5.74, 6) is 0. The molecule has 2 rings (SSSR count). The first kappa shape index (κ1) is 8.31. The molecule has 0 bridgehead atoms. The van der Waals surface area contributed by atoms with Crippen LogP contribution in [0.4, 0.5) is 0 Å². The molecule has 0 aromatic heterocycles. The van der Waals surface area contributed by atoms with Crippen LogP contribution >= 0.6 is 12.4 Å². The monoisotopic (exact) mass is 163 g/mol. The Morgan fingerprint density at radius 1 is 1.10 bits per heavy atom. The molecule has 2 nitrogen and oxygen atoms in total. The van der Waals surface area contributed by atoms with Gasteiger partial charge in [-0.05, 0) is 12.8 Å². The maximum absolute atomic E-state index is 5.31. The third kappa shape index (κ3) is 1.29. The maximum Gasteiger partial charge on any atom is 0.104 e. The van der Waals surface area contributed by atoms with E-state index in [2.05, 4.69) is 5.48 Å². The van der Waals surface area contributed by atoms with Crippen LogP contribution < -0.4 is 5.48 Å². The summed E-state index contributed by atoms with van der Waals surface area (Å²) in [6.45, 7) is 1.09. The Kier molecular flexibility index (Phi) is 2.55. The van der Waals surface area contributed by atoms with Gasteiger partial charge >= 0.3 is 0 Å².